The van der Waals surface area contributed by atoms with E-state index in [0.717, 1.165) is 63.9 Å². The van der Waals surface area contributed by atoms with Crippen LogP contribution in [-0.2, 0) is 43.2 Å². The molecule has 1 aromatic carbocycles. The van der Waals surface area contributed by atoms with E-state index in [1.165, 1.54) is 31.9 Å². The predicted molar refractivity (Wildman–Crippen MR) is 271 cm³/mol. The predicted octanol–water partition coefficient (Wildman–Crippen LogP) is 7.53. The number of urea groups is 1. The molecule has 1 unspecified atom stereocenters. The van der Waals surface area contributed by atoms with Gasteiger partial charge in [0.15, 0.2) is 11.6 Å². The fraction of sp³-hybridized carbons (Fsp3) is 0.547. The van der Waals surface area contributed by atoms with E-state index in [1.54, 1.807) is 20.4 Å². The Morgan fingerprint density at radius 2 is 1.90 bits per heavy atom. The molecular formula is C53H72N9O6S+. The third-order valence-corrected chi connectivity index (χ3v) is 15.1. The lowest BCUT2D eigenvalue weighted by Gasteiger charge is -2.41. The number of nitrogens with zero attached hydrogens (tertiary/aromatic N) is 8. The lowest BCUT2D eigenvalue weighted by molar-refractivity contribution is -0.472. The fourth-order valence-electron chi connectivity index (χ4n) is 10.4. The molecule has 3 aliphatic rings. The maximum absolute atomic E-state index is 15.2. The summed E-state index contributed by atoms with van der Waals surface area (Å²) in [5.74, 6) is -1.83. The molecular weight excluding hydrogens is 891 g/mol. The van der Waals surface area contributed by atoms with Crippen molar-refractivity contribution in [3.8, 4) is 22.5 Å². The average Bonchev–Trinajstić information content (AvgIpc) is 3.82. The number of pyridine rings is 1. The Morgan fingerprint density at radius 3 is 2.59 bits per heavy atom. The van der Waals surface area contributed by atoms with Gasteiger partial charge in [-0.05, 0) is 102 Å². The van der Waals surface area contributed by atoms with E-state index >= 15 is 9.59 Å². The van der Waals surface area contributed by atoms with Crippen molar-refractivity contribution in [2.75, 3.05) is 54.5 Å². The second-order valence-electron chi connectivity index (χ2n) is 20.4. The molecule has 370 valence electrons. The van der Waals surface area contributed by atoms with Gasteiger partial charge in [0.25, 0.3) is 0 Å². The molecule has 4 aromatic rings. The maximum atomic E-state index is 15.2. The normalized spacial score (nSPS) is 22.1. The third kappa shape index (κ3) is 10.5. The maximum Gasteiger partial charge on any atom is 0.410 e. The van der Waals surface area contributed by atoms with E-state index in [4.69, 9.17) is 19.4 Å². The summed E-state index contributed by atoms with van der Waals surface area (Å²) in [7, 11) is 7.41. The highest BCUT2D eigenvalue weighted by Crippen LogP contribution is 2.42. The smallest absolute Gasteiger partial charge is 0.410 e. The van der Waals surface area contributed by atoms with Gasteiger partial charge in [-0.3, -0.25) is 14.8 Å². The number of esters is 1. The second-order valence-corrected chi connectivity index (χ2v) is 21.3. The summed E-state index contributed by atoms with van der Waals surface area (Å²) in [6.45, 7) is 22.3. The topological polar surface area (TPSA) is 145 Å². The Morgan fingerprint density at radius 1 is 1.13 bits per heavy atom. The highest BCUT2D eigenvalue weighted by molar-refractivity contribution is 7.10. The van der Waals surface area contributed by atoms with E-state index in [2.05, 4.69) is 79.0 Å². The van der Waals surface area contributed by atoms with Gasteiger partial charge in [-0.1, -0.05) is 46.8 Å². The van der Waals surface area contributed by atoms with Gasteiger partial charge in [0, 0.05) is 85.4 Å². The van der Waals surface area contributed by atoms with Gasteiger partial charge in [0.1, 0.15) is 11.7 Å². The number of ether oxygens (including phenoxy) is 2. The number of fused-ring (bicyclic) bond motifs is 6. The lowest BCUT2D eigenvalue weighted by atomic mass is 9.84. The first-order valence-corrected chi connectivity index (χ1v) is 25.3. The molecule has 1 N–H and O–H groups in total. The number of methoxy groups -OCH3 is 1. The molecule has 0 spiro atoms. The number of thiazole rings is 1. The van der Waals surface area contributed by atoms with Crippen LogP contribution in [0.2, 0.25) is 0 Å². The van der Waals surface area contributed by atoms with Crippen molar-refractivity contribution in [2.24, 2.45) is 11.3 Å². The summed E-state index contributed by atoms with van der Waals surface area (Å²) in [4.78, 5) is 74.5. The highest BCUT2D eigenvalue weighted by atomic mass is 32.1. The van der Waals surface area contributed by atoms with E-state index < -0.39 is 40.8 Å². The zero-order valence-corrected chi connectivity index (χ0v) is 43.2. The van der Waals surface area contributed by atoms with Gasteiger partial charge in [-0.25, -0.2) is 24.8 Å². The third-order valence-electron chi connectivity index (χ3n) is 14.2. The number of carbonyl (C=O) groups is 4. The molecule has 5 atom stereocenters. The molecule has 4 amide bonds. The van der Waals surface area contributed by atoms with Crippen molar-refractivity contribution in [2.45, 2.75) is 123 Å². The minimum atomic E-state index is -1.48. The van der Waals surface area contributed by atoms with Crippen LogP contribution >= 0.6 is 11.3 Å². The highest BCUT2D eigenvalue weighted by Gasteiger charge is 2.49. The largest absolute Gasteiger partial charge is 0.463 e. The van der Waals surface area contributed by atoms with Crippen LogP contribution in [0.3, 0.4) is 0 Å². The summed E-state index contributed by atoms with van der Waals surface area (Å²) < 4.78 is 15.7. The Hall–Kier alpha value is -5.51. The standard InChI is InChI=1S/C53H72N9O6S/c1-13-23-53-24-18-27-62(56-53)48(63)43(58(10)49(64)46(34(3)4)59(11)51(66)60-26-16-15-19-37(31-60)57(8)9)29-44-55-41(32-69-44)36-21-22-42-39(28-36)40(30-52(6,7)33-68-50(53)65)47(61(42)14-2)38-20-17-25-54-45(38)35(5)67-12/h17,20-23,25,28,32,34-35,37,43,46,56H,1,10,14-16,18-19,24,26-27,29-31,33H2,2-9,11-12H3/q+1/t35?,37-,43+,46+,53-/m1/s1. The number of nitrogens with one attached hydrogen (secondary N) is 1. The van der Waals surface area contributed by atoms with Crippen LogP contribution in [0.5, 0.6) is 0 Å². The van der Waals surface area contributed by atoms with Crippen molar-refractivity contribution >= 4 is 52.8 Å². The first kappa shape index (κ1) is 51.3. The number of likely N-dealkylation sites (tertiary alicyclic amines) is 1. The zero-order chi connectivity index (χ0) is 49.9. The van der Waals surface area contributed by atoms with Crippen molar-refractivity contribution in [3.05, 3.63) is 76.6 Å². The number of amides is 4. The Bertz CT molecular complexity index is 2630. The summed E-state index contributed by atoms with van der Waals surface area (Å²) >= 11 is 1.41. The molecule has 6 heterocycles. The van der Waals surface area contributed by atoms with Crippen molar-refractivity contribution < 1.29 is 33.2 Å². The van der Waals surface area contributed by atoms with E-state index in [9.17, 15) is 9.59 Å². The van der Waals surface area contributed by atoms with Crippen molar-refractivity contribution in [1.29, 1.82) is 0 Å². The Kier molecular flexibility index (Phi) is 15.8. The molecule has 2 saturated heterocycles. The van der Waals surface area contributed by atoms with Crippen LogP contribution in [0.4, 0.5) is 4.79 Å². The van der Waals surface area contributed by atoms with Crippen LogP contribution in [0, 0.1) is 11.3 Å². The molecule has 15 nitrogen and oxygen atoms in total. The molecule has 2 fully saturated rings. The van der Waals surface area contributed by atoms with Crippen molar-refractivity contribution in [3.63, 3.8) is 0 Å². The molecule has 69 heavy (non-hydrogen) atoms. The minimum absolute atomic E-state index is 0.0320. The number of hydrogen-bond donors (Lipinski definition) is 1. The Balaban J connectivity index is 1.34. The monoisotopic (exact) mass is 963 g/mol. The summed E-state index contributed by atoms with van der Waals surface area (Å²) in [5, 5.41) is 5.04. The summed E-state index contributed by atoms with van der Waals surface area (Å²) in [5.41, 5.74) is 10.6. The van der Waals surface area contributed by atoms with Gasteiger partial charge in [-0.2, -0.15) is 4.58 Å². The second kappa shape index (κ2) is 21.2. The number of cyclic esters (lactones) is 1. The van der Waals surface area contributed by atoms with Crippen LogP contribution < -0.4 is 5.43 Å². The van der Waals surface area contributed by atoms with E-state index in [0.29, 0.717) is 43.9 Å². The fourth-order valence-corrected chi connectivity index (χ4v) is 11.2. The number of rotatable bonds is 10. The van der Waals surface area contributed by atoms with Gasteiger partial charge in [0.2, 0.25) is 6.04 Å². The first-order chi connectivity index (χ1) is 32.8. The molecule has 0 saturated carbocycles. The number of carbonyl (C=O) groups excluding carboxylic acids is 4. The zero-order valence-electron chi connectivity index (χ0n) is 42.3. The Labute approximate surface area is 411 Å². The number of likely N-dealkylation sites (N-methyl/N-ethyl adjacent to an activating group) is 2. The number of hydrogen-bond acceptors (Lipinski definition) is 11. The van der Waals surface area contributed by atoms with Gasteiger partial charge >= 0.3 is 23.8 Å². The molecule has 3 aromatic heterocycles. The van der Waals surface area contributed by atoms with Gasteiger partial charge < -0.3 is 28.7 Å². The van der Waals surface area contributed by atoms with Gasteiger partial charge in [-0.15, -0.1) is 17.1 Å². The average molecular weight is 963 g/mol. The molecule has 16 heteroatoms. The molecule has 6 bridgehead atoms. The van der Waals surface area contributed by atoms with Gasteiger partial charge in [0.05, 0.1) is 36.2 Å². The lowest BCUT2D eigenvalue weighted by Crippen LogP contribution is -2.66. The SMILES string of the molecule is C=C=C[C@]12CCCN(N1)C(=O)[C@@H]([N+](=C)C(=O)[C@H](C(C)C)N(C)C(=O)N1CCCC[C@@H](N(C)C)C1)Cc1nc(cs1)-c1ccc3c(c1)c(c(-c1cccnc1C(C)OC)n3CC)CC(C)(C)COC2=O. The van der Waals surface area contributed by atoms with E-state index in [-0.39, 0.29) is 43.7 Å². The first-order valence-electron chi connectivity index (χ1n) is 24.4. The number of aryl methyl sites for hydroxylation is 1. The summed E-state index contributed by atoms with van der Waals surface area (Å²) in [6, 6.07) is 8.29. The molecule has 3 aliphatic heterocycles. The number of benzene rings is 1. The van der Waals surface area contributed by atoms with Crippen molar-refractivity contribution in [1.82, 2.24) is 39.7 Å². The quantitative estimate of drug-likeness (QED) is 0.0733. The van der Waals surface area contributed by atoms with Crippen LogP contribution in [0.25, 0.3) is 33.4 Å². The molecule has 0 radical (unpaired) electrons. The van der Waals surface area contributed by atoms with Crippen LogP contribution in [0.1, 0.15) is 96.0 Å². The van der Waals surface area contributed by atoms with Crippen LogP contribution in [0.15, 0.2) is 60.3 Å². The van der Waals surface area contributed by atoms with Crippen LogP contribution in [-0.4, -0.2) is 148 Å². The number of aromatic nitrogens is 3. The molecule has 0 aliphatic carbocycles. The molecule has 7 rings (SSSR count). The van der Waals surface area contributed by atoms with E-state index in [1.807, 2.05) is 51.2 Å². The number of hydrazine groups is 1. The minimum Gasteiger partial charge on any atom is -0.463 e. The summed E-state index contributed by atoms with van der Waals surface area (Å²) in [6.07, 6.45) is 7.25.